The number of nitrogens with one attached hydrogen (secondary N) is 1. The fourth-order valence-corrected chi connectivity index (χ4v) is 2.49. The van der Waals surface area contributed by atoms with Gasteiger partial charge in [0, 0.05) is 6.54 Å². The van der Waals surface area contributed by atoms with Gasteiger partial charge in [-0.1, -0.05) is 24.6 Å². The van der Waals surface area contributed by atoms with Gasteiger partial charge in [0.05, 0.1) is 25.3 Å². The first-order valence-electron chi connectivity index (χ1n) is 6.77. The molecule has 0 aliphatic carbocycles. The first kappa shape index (κ1) is 17.1. The standard InChI is InChI=1S/C15H24ClNO3/c1-10(7-11(2)18)8-17-9-12-5-6-13(19-3)15(20-4)14(12)16/h5-6,10-11,17-18H,7-9H2,1-4H3. The van der Waals surface area contributed by atoms with E-state index in [0.29, 0.717) is 29.0 Å². The van der Waals surface area contributed by atoms with Gasteiger partial charge < -0.3 is 19.9 Å². The Balaban J connectivity index is 2.60. The molecule has 1 rings (SSSR count). The van der Waals surface area contributed by atoms with Crippen molar-refractivity contribution in [2.75, 3.05) is 20.8 Å². The molecular weight excluding hydrogens is 278 g/mol. The summed E-state index contributed by atoms with van der Waals surface area (Å²) in [6.45, 7) is 5.40. The van der Waals surface area contributed by atoms with Gasteiger partial charge in [0.15, 0.2) is 11.5 Å². The molecule has 1 aromatic rings. The van der Waals surface area contributed by atoms with Crippen LogP contribution in [0.3, 0.4) is 0 Å². The molecule has 4 nitrogen and oxygen atoms in total. The van der Waals surface area contributed by atoms with Crippen molar-refractivity contribution in [3.63, 3.8) is 0 Å². The highest BCUT2D eigenvalue weighted by Crippen LogP contribution is 2.37. The Bertz CT molecular complexity index is 424. The minimum absolute atomic E-state index is 0.267. The van der Waals surface area contributed by atoms with Crippen LogP contribution in [-0.4, -0.2) is 32.0 Å². The molecular formula is C15H24ClNO3. The van der Waals surface area contributed by atoms with E-state index in [-0.39, 0.29) is 6.10 Å². The van der Waals surface area contributed by atoms with E-state index in [0.717, 1.165) is 18.5 Å². The van der Waals surface area contributed by atoms with Crippen molar-refractivity contribution in [2.45, 2.75) is 32.9 Å². The third kappa shape index (κ3) is 4.85. The lowest BCUT2D eigenvalue weighted by molar-refractivity contribution is 0.163. The zero-order chi connectivity index (χ0) is 15.1. The van der Waals surface area contributed by atoms with Gasteiger partial charge in [-0.3, -0.25) is 0 Å². The lowest BCUT2D eigenvalue weighted by Crippen LogP contribution is -2.23. The highest BCUT2D eigenvalue weighted by atomic mass is 35.5. The predicted molar refractivity (Wildman–Crippen MR) is 81.7 cm³/mol. The van der Waals surface area contributed by atoms with E-state index in [9.17, 15) is 5.11 Å². The number of hydrogen-bond donors (Lipinski definition) is 2. The molecule has 0 heterocycles. The Labute approximate surface area is 126 Å². The second-order valence-electron chi connectivity index (χ2n) is 5.09. The molecule has 2 N–H and O–H groups in total. The third-order valence-corrected chi connectivity index (χ3v) is 3.53. The van der Waals surface area contributed by atoms with Crippen molar-refractivity contribution in [3.05, 3.63) is 22.7 Å². The molecule has 5 heteroatoms. The molecule has 0 aromatic heterocycles. The first-order chi connectivity index (χ1) is 9.49. The summed E-state index contributed by atoms with van der Waals surface area (Å²) in [5.41, 5.74) is 0.966. The molecule has 2 unspecified atom stereocenters. The summed E-state index contributed by atoms with van der Waals surface area (Å²) in [6.07, 6.45) is 0.517. The van der Waals surface area contributed by atoms with E-state index in [1.807, 2.05) is 19.1 Å². The summed E-state index contributed by atoms with van der Waals surface area (Å²) < 4.78 is 10.5. The number of hydrogen-bond acceptors (Lipinski definition) is 4. The smallest absolute Gasteiger partial charge is 0.179 e. The summed E-state index contributed by atoms with van der Waals surface area (Å²) >= 11 is 6.31. The Kier molecular flexibility index (Phi) is 7.13. The van der Waals surface area contributed by atoms with E-state index in [4.69, 9.17) is 21.1 Å². The van der Waals surface area contributed by atoms with Crippen LogP contribution in [0.2, 0.25) is 5.02 Å². The molecule has 0 amide bonds. The lowest BCUT2D eigenvalue weighted by Gasteiger charge is -2.16. The maximum Gasteiger partial charge on any atom is 0.179 e. The Morgan fingerprint density at radius 1 is 1.25 bits per heavy atom. The van der Waals surface area contributed by atoms with Gasteiger partial charge in [0.2, 0.25) is 0 Å². The molecule has 2 atom stereocenters. The second-order valence-corrected chi connectivity index (χ2v) is 5.47. The van der Waals surface area contributed by atoms with Crippen LogP contribution in [0.5, 0.6) is 11.5 Å². The maximum absolute atomic E-state index is 9.33. The van der Waals surface area contributed by atoms with Gasteiger partial charge in [-0.15, -0.1) is 0 Å². The van der Waals surface area contributed by atoms with Gasteiger partial charge in [-0.2, -0.15) is 0 Å². The zero-order valence-corrected chi connectivity index (χ0v) is 13.3. The van der Waals surface area contributed by atoms with E-state index in [1.54, 1.807) is 14.2 Å². The number of aliphatic hydroxyl groups excluding tert-OH is 1. The number of benzene rings is 1. The van der Waals surface area contributed by atoms with Gasteiger partial charge in [-0.25, -0.2) is 0 Å². The second kappa shape index (κ2) is 8.35. The largest absolute Gasteiger partial charge is 0.493 e. The number of aliphatic hydroxyl groups is 1. The van der Waals surface area contributed by atoms with Crippen molar-refractivity contribution < 1.29 is 14.6 Å². The van der Waals surface area contributed by atoms with Gasteiger partial charge in [0.1, 0.15) is 0 Å². The summed E-state index contributed by atoms with van der Waals surface area (Å²) in [5, 5.41) is 13.2. The van der Waals surface area contributed by atoms with Gasteiger partial charge in [-0.05, 0) is 37.4 Å². The minimum Gasteiger partial charge on any atom is -0.493 e. The molecule has 0 aliphatic rings. The summed E-state index contributed by atoms with van der Waals surface area (Å²) in [6, 6.07) is 3.77. The Hall–Kier alpha value is -0.970. The van der Waals surface area contributed by atoms with Crippen molar-refractivity contribution in [1.82, 2.24) is 5.32 Å². The molecule has 1 aromatic carbocycles. The van der Waals surface area contributed by atoms with Crippen molar-refractivity contribution in [3.8, 4) is 11.5 Å². The molecule has 114 valence electrons. The molecule has 0 bridgehead atoms. The van der Waals surface area contributed by atoms with Crippen LogP contribution in [0.15, 0.2) is 12.1 Å². The van der Waals surface area contributed by atoms with Crippen molar-refractivity contribution in [1.29, 1.82) is 0 Å². The molecule has 0 aliphatic heterocycles. The van der Waals surface area contributed by atoms with Crippen LogP contribution in [0.1, 0.15) is 25.8 Å². The van der Waals surface area contributed by atoms with Crippen LogP contribution in [0.4, 0.5) is 0 Å². The maximum atomic E-state index is 9.33. The van der Waals surface area contributed by atoms with Crippen molar-refractivity contribution >= 4 is 11.6 Å². The molecule has 0 radical (unpaired) electrons. The molecule has 20 heavy (non-hydrogen) atoms. The van der Waals surface area contributed by atoms with E-state index < -0.39 is 0 Å². The SMILES string of the molecule is COc1ccc(CNCC(C)CC(C)O)c(Cl)c1OC. The average molecular weight is 302 g/mol. The molecule has 0 spiro atoms. The Morgan fingerprint density at radius 3 is 2.50 bits per heavy atom. The van der Waals surface area contributed by atoms with Crippen LogP contribution in [0, 0.1) is 5.92 Å². The van der Waals surface area contributed by atoms with Crippen LogP contribution in [0.25, 0.3) is 0 Å². The van der Waals surface area contributed by atoms with Crippen molar-refractivity contribution in [2.24, 2.45) is 5.92 Å². The Morgan fingerprint density at radius 2 is 1.95 bits per heavy atom. The molecule has 0 fully saturated rings. The average Bonchev–Trinajstić information content (AvgIpc) is 2.39. The van der Waals surface area contributed by atoms with Gasteiger partial charge in [0.25, 0.3) is 0 Å². The lowest BCUT2D eigenvalue weighted by atomic mass is 10.0. The third-order valence-electron chi connectivity index (χ3n) is 3.12. The van der Waals surface area contributed by atoms with Crippen LogP contribution >= 0.6 is 11.6 Å². The molecule has 0 saturated heterocycles. The van der Waals surface area contributed by atoms with E-state index in [2.05, 4.69) is 12.2 Å². The highest BCUT2D eigenvalue weighted by Gasteiger charge is 2.13. The quantitative estimate of drug-likeness (QED) is 0.775. The predicted octanol–water partition coefficient (Wildman–Crippen LogP) is 2.85. The topological polar surface area (TPSA) is 50.7 Å². The van der Waals surface area contributed by atoms with Gasteiger partial charge >= 0.3 is 0 Å². The minimum atomic E-state index is -0.267. The number of ether oxygens (including phenoxy) is 2. The number of halogens is 1. The number of rotatable bonds is 8. The monoisotopic (exact) mass is 301 g/mol. The normalized spacial score (nSPS) is 13.9. The fraction of sp³-hybridized carbons (Fsp3) is 0.600. The fourth-order valence-electron chi connectivity index (χ4n) is 2.19. The van der Waals surface area contributed by atoms with Crippen LogP contribution < -0.4 is 14.8 Å². The van der Waals surface area contributed by atoms with Crippen LogP contribution in [-0.2, 0) is 6.54 Å². The summed E-state index contributed by atoms with van der Waals surface area (Å²) in [7, 11) is 3.16. The van der Waals surface area contributed by atoms with E-state index in [1.165, 1.54) is 0 Å². The summed E-state index contributed by atoms with van der Waals surface area (Å²) in [5.74, 6) is 1.60. The summed E-state index contributed by atoms with van der Waals surface area (Å²) in [4.78, 5) is 0. The highest BCUT2D eigenvalue weighted by molar-refractivity contribution is 6.33. The first-order valence-corrected chi connectivity index (χ1v) is 7.15. The molecule has 0 saturated carbocycles. The number of methoxy groups -OCH3 is 2. The van der Waals surface area contributed by atoms with E-state index >= 15 is 0 Å². The zero-order valence-electron chi connectivity index (χ0n) is 12.6.